The van der Waals surface area contributed by atoms with Gasteiger partial charge in [-0.3, -0.25) is 29.4 Å². The predicted molar refractivity (Wildman–Crippen MR) is 221 cm³/mol. The first-order chi connectivity index (χ1) is 28.4. The Hall–Kier alpha value is -5.72. The first-order valence-corrected chi connectivity index (χ1v) is 20.7. The minimum atomic E-state index is -0.999. The van der Waals surface area contributed by atoms with Gasteiger partial charge in [0.25, 0.3) is 11.8 Å². The first-order valence-electron chi connectivity index (χ1n) is 20.3. The van der Waals surface area contributed by atoms with Crippen molar-refractivity contribution in [1.82, 2.24) is 25.0 Å². The van der Waals surface area contributed by atoms with Crippen LogP contribution >= 0.6 is 11.6 Å². The average Bonchev–Trinajstić information content (AvgIpc) is 3.45. The lowest BCUT2D eigenvalue weighted by molar-refractivity contribution is -0.136. The number of urea groups is 1. The first kappa shape index (κ1) is 40.1. The summed E-state index contributed by atoms with van der Waals surface area (Å²) in [6, 6.07) is 15.5. The van der Waals surface area contributed by atoms with E-state index >= 15 is 0 Å². The van der Waals surface area contributed by atoms with E-state index in [-0.39, 0.29) is 48.2 Å². The molecule has 0 spiro atoms. The molecule has 1 aromatic heterocycles. The van der Waals surface area contributed by atoms with E-state index in [1.807, 2.05) is 36.1 Å². The fourth-order valence-corrected chi connectivity index (χ4v) is 9.21. The number of pyridine rings is 1. The van der Waals surface area contributed by atoms with E-state index in [9.17, 15) is 29.2 Å². The summed E-state index contributed by atoms with van der Waals surface area (Å²) in [5, 5.41) is 14.9. The number of fused-ring (bicyclic) bond motifs is 1. The van der Waals surface area contributed by atoms with Crippen LogP contribution in [0.15, 0.2) is 54.7 Å². The number of anilines is 3. The number of amides is 6. The standard InChI is InChI=1S/C43H48ClN9O6/c1-25-23-52(26(2)22-51(25)30-6-4-28(20-45)36(44)18-30)43(58)47-29-5-10-38(46-21-29)50-14-12-27(13-15-50)24-49(3)31-16-33(17-31)59-32-7-8-34-35(19-32)42(57)53(41(34)56)37-9-11-39(54)48-40(37)55/h4-8,10,18-19,21,25-27,31,33,37H,9,11-17,22-24H2,1-3H3,(H,47,58)(H,48,54,55)/t25-,26+,31?,33?,37+/m0/s1. The van der Waals surface area contributed by atoms with Crippen molar-refractivity contribution >= 4 is 58.5 Å². The second kappa shape index (κ2) is 16.5. The Morgan fingerprint density at radius 1 is 0.983 bits per heavy atom. The van der Waals surface area contributed by atoms with Gasteiger partial charge in [0.05, 0.1) is 33.6 Å². The molecule has 1 saturated carbocycles. The van der Waals surface area contributed by atoms with Crippen molar-refractivity contribution < 1.29 is 28.7 Å². The fraction of sp³-hybridized carbons (Fsp3) is 0.465. The fourth-order valence-electron chi connectivity index (χ4n) is 9.00. The van der Waals surface area contributed by atoms with Gasteiger partial charge in [-0.15, -0.1) is 0 Å². The summed E-state index contributed by atoms with van der Waals surface area (Å²) < 4.78 is 6.22. The van der Waals surface area contributed by atoms with E-state index < -0.39 is 29.7 Å². The zero-order valence-corrected chi connectivity index (χ0v) is 34.2. The summed E-state index contributed by atoms with van der Waals surface area (Å²) in [4.78, 5) is 78.0. The maximum Gasteiger partial charge on any atom is 0.322 e. The third-order valence-corrected chi connectivity index (χ3v) is 12.9. The highest BCUT2D eigenvalue weighted by Crippen LogP contribution is 2.35. The Kier molecular flexibility index (Phi) is 11.2. The van der Waals surface area contributed by atoms with Crippen LogP contribution in [-0.2, 0) is 9.59 Å². The minimum Gasteiger partial charge on any atom is -0.490 e. The molecule has 308 valence electrons. The second-order valence-electron chi connectivity index (χ2n) is 16.5. The molecule has 0 unspecified atom stereocenters. The molecule has 2 aromatic carbocycles. The van der Waals surface area contributed by atoms with E-state index in [2.05, 4.69) is 45.4 Å². The molecular weight excluding hydrogens is 774 g/mol. The van der Waals surface area contributed by atoms with Crippen molar-refractivity contribution in [2.75, 3.05) is 54.9 Å². The Morgan fingerprint density at radius 2 is 1.75 bits per heavy atom. The van der Waals surface area contributed by atoms with Crippen LogP contribution in [-0.4, -0.2) is 119 Å². The van der Waals surface area contributed by atoms with Crippen molar-refractivity contribution in [2.24, 2.45) is 5.92 Å². The summed E-state index contributed by atoms with van der Waals surface area (Å²) >= 11 is 6.30. The topological polar surface area (TPSA) is 172 Å². The molecule has 59 heavy (non-hydrogen) atoms. The largest absolute Gasteiger partial charge is 0.490 e. The van der Waals surface area contributed by atoms with E-state index in [1.54, 1.807) is 30.5 Å². The third kappa shape index (κ3) is 8.16. The maximum atomic E-state index is 13.4. The normalized spacial score (nSPS) is 24.8. The van der Waals surface area contributed by atoms with Gasteiger partial charge in [-0.25, -0.2) is 9.78 Å². The highest BCUT2D eigenvalue weighted by atomic mass is 35.5. The molecule has 3 saturated heterocycles. The van der Waals surface area contributed by atoms with Crippen molar-refractivity contribution in [2.45, 2.75) is 82.6 Å². The van der Waals surface area contributed by atoms with Crippen LogP contribution < -0.4 is 25.2 Å². The van der Waals surface area contributed by atoms with Crippen molar-refractivity contribution in [3.8, 4) is 11.8 Å². The quantitative estimate of drug-likeness (QED) is 0.282. The molecule has 0 radical (unpaired) electrons. The third-order valence-electron chi connectivity index (χ3n) is 12.5. The SMILES string of the molecule is C[C@@H]1CN(c2ccc(C#N)c(Cl)c2)[C@@H](C)CN1C(=O)Nc1ccc(N2CCC(CN(C)C3CC(Oc4ccc5c(c4)C(=O)N([C@@H]4CCC(=O)NC4=O)C5=O)C3)CC2)nc1. The zero-order valence-electron chi connectivity index (χ0n) is 33.4. The molecule has 2 N–H and O–H groups in total. The summed E-state index contributed by atoms with van der Waals surface area (Å²) in [6.45, 7) is 8.06. The maximum absolute atomic E-state index is 13.4. The number of carbonyl (C=O) groups excluding carboxylic acids is 5. The summed E-state index contributed by atoms with van der Waals surface area (Å²) in [5.74, 6) is -0.139. The monoisotopic (exact) mass is 821 g/mol. The number of ether oxygens (including phenoxy) is 1. The summed E-state index contributed by atoms with van der Waals surface area (Å²) in [5.41, 5.74) is 2.48. The summed E-state index contributed by atoms with van der Waals surface area (Å²) in [6.07, 6.45) is 5.72. The Labute approximate surface area is 348 Å². The van der Waals surface area contributed by atoms with E-state index in [1.165, 1.54) is 0 Å². The Balaban J connectivity index is 0.759. The van der Waals surface area contributed by atoms with E-state index in [4.69, 9.17) is 21.3 Å². The number of nitrogens with zero attached hydrogens (tertiary/aromatic N) is 7. The molecule has 5 aliphatic rings. The van der Waals surface area contributed by atoms with Gasteiger partial charge in [0.1, 0.15) is 29.8 Å². The summed E-state index contributed by atoms with van der Waals surface area (Å²) in [7, 11) is 2.16. The molecule has 3 aromatic rings. The van der Waals surface area contributed by atoms with Gasteiger partial charge in [-0.1, -0.05) is 11.6 Å². The Morgan fingerprint density at radius 3 is 2.44 bits per heavy atom. The van der Waals surface area contributed by atoms with Crippen LogP contribution in [0.2, 0.25) is 5.02 Å². The molecule has 3 atom stereocenters. The number of nitrogens with one attached hydrogen (secondary N) is 2. The molecule has 4 fully saturated rings. The Bertz CT molecular complexity index is 2200. The highest BCUT2D eigenvalue weighted by molar-refractivity contribution is 6.32. The molecule has 6 amide bonds. The number of rotatable bonds is 9. The minimum absolute atomic E-state index is 0.00283. The van der Waals surface area contributed by atoms with Crippen molar-refractivity contribution in [3.05, 3.63) is 76.4 Å². The van der Waals surface area contributed by atoms with Gasteiger partial charge in [0, 0.05) is 75.8 Å². The lowest BCUT2D eigenvalue weighted by atomic mass is 9.86. The number of carbonyl (C=O) groups is 5. The van der Waals surface area contributed by atoms with Gasteiger partial charge in [-0.2, -0.15) is 5.26 Å². The lowest BCUT2D eigenvalue weighted by Gasteiger charge is -2.45. The van der Waals surface area contributed by atoms with Gasteiger partial charge < -0.3 is 29.7 Å². The van der Waals surface area contributed by atoms with Crippen LogP contribution in [0.5, 0.6) is 5.75 Å². The zero-order chi connectivity index (χ0) is 41.5. The van der Waals surface area contributed by atoms with Crippen LogP contribution in [0.3, 0.4) is 0 Å². The lowest BCUT2D eigenvalue weighted by Crippen LogP contribution is -2.59. The molecule has 0 bridgehead atoms. The number of hydrogen-bond acceptors (Lipinski definition) is 11. The number of aromatic nitrogens is 1. The van der Waals surface area contributed by atoms with Gasteiger partial charge >= 0.3 is 6.03 Å². The number of imide groups is 2. The van der Waals surface area contributed by atoms with Crippen LogP contribution in [0.4, 0.5) is 22.0 Å². The van der Waals surface area contributed by atoms with E-state index in [0.29, 0.717) is 47.1 Å². The molecule has 5 heterocycles. The molecule has 1 aliphatic carbocycles. The number of halogens is 1. The van der Waals surface area contributed by atoms with Crippen LogP contribution in [0.1, 0.15) is 78.7 Å². The number of piperidine rings is 2. The van der Waals surface area contributed by atoms with Crippen molar-refractivity contribution in [3.63, 3.8) is 0 Å². The number of hydrogen-bond donors (Lipinski definition) is 2. The van der Waals surface area contributed by atoms with E-state index in [0.717, 1.165) is 61.7 Å². The van der Waals surface area contributed by atoms with Crippen LogP contribution in [0.25, 0.3) is 0 Å². The number of nitriles is 1. The molecule has 16 heteroatoms. The van der Waals surface area contributed by atoms with Crippen molar-refractivity contribution in [1.29, 1.82) is 5.26 Å². The van der Waals surface area contributed by atoms with Gasteiger partial charge in [-0.05, 0) is 94.6 Å². The number of benzene rings is 2. The molecule has 8 rings (SSSR count). The highest BCUT2D eigenvalue weighted by Gasteiger charge is 2.45. The van der Waals surface area contributed by atoms with Gasteiger partial charge in [0.15, 0.2) is 0 Å². The molecule has 15 nitrogen and oxygen atoms in total. The van der Waals surface area contributed by atoms with Crippen LogP contribution in [0, 0.1) is 17.2 Å². The smallest absolute Gasteiger partial charge is 0.322 e. The number of piperazine rings is 1. The molecule has 4 aliphatic heterocycles. The predicted octanol–water partition coefficient (Wildman–Crippen LogP) is 4.90. The molecular formula is C43H48ClN9O6. The second-order valence-corrected chi connectivity index (χ2v) is 16.9. The van der Waals surface area contributed by atoms with Gasteiger partial charge in [0.2, 0.25) is 11.8 Å². The average molecular weight is 822 g/mol.